The highest BCUT2D eigenvalue weighted by Crippen LogP contribution is 2.34. The summed E-state index contributed by atoms with van der Waals surface area (Å²) in [5.41, 5.74) is 0. The first-order valence-electron chi connectivity index (χ1n) is 9.93. The molecule has 0 bridgehead atoms. The van der Waals surface area contributed by atoms with E-state index in [-0.39, 0.29) is 0 Å². The van der Waals surface area contributed by atoms with Crippen LogP contribution in [-0.2, 0) is 13.3 Å². The van der Waals surface area contributed by atoms with Gasteiger partial charge in [0.25, 0.3) is 0 Å². The van der Waals surface area contributed by atoms with E-state index in [1.807, 2.05) is 0 Å². The average molecular weight is 484 g/mol. The van der Waals surface area contributed by atoms with Gasteiger partial charge in [-0.25, -0.2) is 0 Å². The predicted molar refractivity (Wildman–Crippen MR) is 107 cm³/mol. The van der Waals surface area contributed by atoms with Crippen molar-refractivity contribution in [3.05, 3.63) is 0 Å². The highest BCUT2D eigenvalue weighted by molar-refractivity contribution is 9.24. The Kier molecular flexibility index (Phi) is 8.59. The Bertz CT molecular complexity index is 342. The first kappa shape index (κ1) is 19.8. The van der Waals surface area contributed by atoms with Gasteiger partial charge in [0.05, 0.1) is 3.74 Å². The lowest BCUT2D eigenvalue weighted by Crippen LogP contribution is -2.37. The fourth-order valence-corrected chi connectivity index (χ4v) is 6.85. The van der Waals surface area contributed by atoms with E-state index in [1.165, 1.54) is 83.5 Å². The lowest BCUT2D eigenvalue weighted by atomic mass is 10.0. The zero-order valence-electron chi connectivity index (χ0n) is 14.6. The minimum absolute atomic E-state index is 0.374. The molecule has 0 spiro atoms. The van der Waals surface area contributed by atoms with Crippen molar-refractivity contribution in [2.45, 2.75) is 106 Å². The van der Waals surface area contributed by atoms with Gasteiger partial charge in [-0.05, 0) is 63.7 Å². The molecule has 6 heteroatoms. The molecule has 2 atom stereocenters. The third kappa shape index (κ3) is 6.65. The van der Waals surface area contributed by atoms with E-state index in [9.17, 15) is 0 Å². The van der Waals surface area contributed by atoms with Gasteiger partial charge in [0, 0.05) is 18.3 Å². The van der Waals surface area contributed by atoms with Crippen molar-refractivity contribution in [3.63, 3.8) is 0 Å². The Morgan fingerprint density at radius 3 is 1.83 bits per heavy atom. The molecule has 0 aromatic rings. The SMILES string of the molecule is BrC(Br)CCC1CCC(O[SiH](OC2CCCC2)OC2CCCC2)C1. The number of hydrogen-bond acceptors (Lipinski definition) is 3. The maximum absolute atomic E-state index is 6.44. The Hall–Kier alpha value is 1.06. The summed E-state index contributed by atoms with van der Waals surface area (Å²) in [5, 5.41) is 0. The maximum atomic E-state index is 6.44. The van der Waals surface area contributed by atoms with E-state index in [1.54, 1.807) is 0 Å². The molecule has 24 heavy (non-hydrogen) atoms. The quantitative estimate of drug-likeness (QED) is 0.310. The molecule has 0 saturated heterocycles. The molecule has 0 aliphatic heterocycles. The normalized spacial score (nSPS) is 29.5. The van der Waals surface area contributed by atoms with Crippen LogP contribution in [0.15, 0.2) is 0 Å². The highest BCUT2D eigenvalue weighted by atomic mass is 79.9. The van der Waals surface area contributed by atoms with Crippen molar-refractivity contribution in [3.8, 4) is 0 Å². The van der Waals surface area contributed by atoms with Gasteiger partial charge in [0.2, 0.25) is 0 Å². The lowest BCUT2D eigenvalue weighted by molar-refractivity contribution is 0.0117. The largest absolute Gasteiger partial charge is 0.484 e. The number of halogens is 2. The molecule has 140 valence electrons. The van der Waals surface area contributed by atoms with Crippen LogP contribution in [0.5, 0.6) is 0 Å². The fourth-order valence-electron chi connectivity index (χ4n) is 4.39. The van der Waals surface area contributed by atoms with Crippen LogP contribution in [0.3, 0.4) is 0 Å². The van der Waals surface area contributed by atoms with Crippen LogP contribution in [0.1, 0.15) is 83.5 Å². The molecule has 2 unspecified atom stereocenters. The van der Waals surface area contributed by atoms with Crippen molar-refractivity contribution >= 4 is 41.4 Å². The summed E-state index contributed by atoms with van der Waals surface area (Å²) in [6.07, 6.45) is 17.4. The Labute approximate surface area is 165 Å². The molecule has 0 aromatic heterocycles. The second-order valence-corrected chi connectivity index (χ2v) is 12.6. The van der Waals surface area contributed by atoms with E-state index in [0.717, 1.165) is 5.92 Å². The van der Waals surface area contributed by atoms with Crippen LogP contribution in [0, 0.1) is 5.92 Å². The second kappa shape index (κ2) is 10.4. The predicted octanol–water partition coefficient (Wildman–Crippen LogP) is 5.70. The molecule has 3 aliphatic rings. The van der Waals surface area contributed by atoms with Gasteiger partial charge in [-0.1, -0.05) is 57.5 Å². The molecule has 0 N–H and O–H groups in total. The van der Waals surface area contributed by atoms with E-state index < -0.39 is 9.53 Å². The van der Waals surface area contributed by atoms with Crippen LogP contribution >= 0.6 is 31.9 Å². The van der Waals surface area contributed by atoms with E-state index >= 15 is 0 Å². The van der Waals surface area contributed by atoms with Gasteiger partial charge >= 0.3 is 9.53 Å². The molecule has 3 saturated carbocycles. The Balaban J connectivity index is 1.45. The first-order chi connectivity index (χ1) is 11.7. The van der Waals surface area contributed by atoms with Gasteiger partial charge in [-0.3, -0.25) is 0 Å². The molecule has 0 amide bonds. The molecule has 3 aliphatic carbocycles. The zero-order valence-corrected chi connectivity index (χ0v) is 19.0. The van der Waals surface area contributed by atoms with Gasteiger partial charge in [-0.15, -0.1) is 0 Å². The summed E-state index contributed by atoms with van der Waals surface area (Å²) >= 11 is 7.17. The van der Waals surface area contributed by atoms with Crippen molar-refractivity contribution in [1.29, 1.82) is 0 Å². The van der Waals surface area contributed by atoms with Crippen LogP contribution in [0.2, 0.25) is 0 Å². The Morgan fingerprint density at radius 2 is 1.29 bits per heavy atom. The van der Waals surface area contributed by atoms with E-state index in [0.29, 0.717) is 22.0 Å². The summed E-state index contributed by atoms with van der Waals surface area (Å²) in [6, 6.07) is 0. The third-order valence-electron chi connectivity index (χ3n) is 5.80. The van der Waals surface area contributed by atoms with Crippen LogP contribution in [0.4, 0.5) is 0 Å². The standard InChI is InChI=1S/C18H32Br2O3Si/c19-18(20)12-10-14-9-11-17(13-14)23-24(21-15-5-1-2-6-15)22-16-7-3-4-8-16/h14-18,24H,1-13H2. The number of hydrogen-bond donors (Lipinski definition) is 0. The van der Waals surface area contributed by atoms with Crippen molar-refractivity contribution < 1.29 is 13.3 Å². The smallest absolute Gasteiger partial charge is 0.373 e. The summed E-state index contributed by atoms with van der Waals surface area (Å²) < 4.78 is 19.6. The molecule has 3 fully saturated rings. The van der Waals surface area contributed by atoms with Crippen molar-refractivity contribution in [2.75, 3.05) is 0 Å². The summed E-state index contributed by atoms with van der Waals surface area (Å²) in [6.45, 7) is 0. The average Bonchev–Trinajstić information content (AvgIpc) is 3.28. The van der Waals surface area contributed by atoms with Crippen molar-refractivity contribution in [2.24, 2.45) is 5.92 Å². The van der Waals surface area contributed by atoms with Gasteiger partial charge in [0.1, 0.15) is 0 Å². The molecule has 0 heterocycles. The minimum Gasteiger partial charge on any atom is -0.373 e. The first-order valence-corrected chi connectivity index (χ1v) is 13.2. The fraction of sp³-hybridized carbons (Fsp3) is 1.00. The molecule has 0 aromatic carbocycles. The maximum Gasteiger partial charge on any atom is 0.484 e. The Morgan fingerprint density at radius 1 is 0.750 bits per heavy atom. The van der Waals surface area contributed by atoms with Gasteiger partial charge < -0.3 is 13.3 Å². The topological polar surface area (TPSA) is 27.7 Å². The summed E-state index contributed by atoms with van der Waals surface area (Å²) in [7, 11) is -1.98. The van der Waals surface area contributed by atoms with Crippen LogP contribution < -0.4 is 0 Å². The molecule has 3 rings (SSSR count). The third-order valence-corrected chi connectivity index (χ3v) is 8.54. The minimum atomic E-state index is -1.98. The molecule has 3 nitrogen and oxygen atoms in total. The monoisotopic (exact) mass is 482 g/mol. The summed E-state index contributed by atoms with van der Waals surface area (Å²) in [5.74, 6) is 0.806. The summed E-state index contributed by atoms with van der Waals surface area (Å²) in [4.78, 5) is 0. The zero-order chi connectivity index (χ0) is 16.8. The molecular formula is C18H32Br2O3Si. The molecule has 0 radical (unpaired) electrons. The molecular weight excluding hydrogens is 452 g/mol. The van der Waals surface area contributed by atoms with Gasteiger partial charge in [0.15, 0.2) is 0 Å². The van der Waals surface area contributed by atoms with Crippen LogP contribution in [-0.4, -0.2) is 31.6 Å². The van der Waals surface area contributed by atoms with E-state index in [4.69, 9.17) is 13.3 Å². The highest BCUT2D eigenvalue weighted by Gasteiger charge is 2.33. The van der Waals surface area contributed by atoms with Crippen molar-refractivity contribution in [1.82, 2.24) is 0 Å². The van der Waals surface area contributed by atoms with Gasteiger partial charge in [-0.2, -0.15) is 0 Å². The van der Waals surface area contributed by atoms with Crippen LogP contribution in [0.25, 0.3) is 0 Å². The second-order valence-electron chi connectivity index (χ2n) is 7.78. The number of alkyl halides is 2. The number of rotatable bonds is 9. The lowest BCUT2D eigenvalue weighted by Gasteiger charge is -2.26. The van der Waals surface area contributed by atoms with E-state index in [2.05, 4.69) is 31.9 Å².